The Morgan fingerprint density at radius 2 is 2.00 bits per heavy atom. The highest BCUT2D eigenvalue weighted by Gasteiger charge is 2.16. The number of rotatable bonds is 8. The molecule has 0 aromatic heterocycles. The Morgan fingerprint density at radius 1 is 1.25 bits per heavy atom. The van der Waals surface area contributed by atoms with Gasteiger partial charge in [-0.15, -0.1) is 12.4 Å². The molecule has 2 rings (SSSR count). The molecule has 1 heterocycles. The summed E-state index contributed by atoms with van der Waals surface area (Å²) in [6.45, 7) is 3.67. The maximum Gasteiger partial charge on any atom is 0.246 e. The van der Waals surface area contributed by atoms with Gasteiger partial charge < -0.3 is 20.1 Å². The van der Waals surface area contributed by atoms with Crippen molar-refractivity contribution in [3.63, 3.8) is 0 Å². The van der Waals surface area contributed by atoms with Crippen LogP contribution in [0.15, 0.2) is 30.3 Å². The summed E-state index contributed by atoms with van der Waals surface area (Å²) in [4.78, 5) is 11.4. The highest BCUT2D eigenvalue weighted by Crippen LogP contribution is 2.07. The average Bonchev–Trinajstić information content (AvgIpc) is 2.38. The first-order chi connectivity index (χ1) is 9.34. The summed E-state index contributed by atoms with van der Waals surface area (Å²) in [6.07, 6.45) is 0. The van der Waals surface area contributed by atoms with Crippen molar-refractivity contribution in [1.29, 1.82) is 0 Å². The Kier molecular flexibility index (Phi) is 8.02. The smallest absolute Gasteiger partial charge is 0.246 e. The zero-order chi connectivity index (χ0) is 13.3. The van der Waals surface area contributed by atoms with Crippen LogP contribution in [0.1, 0.15) is 0 Å². The van der Waals surface area contributed by atoms with Gasteiger partial charge in [0, 0.05) is 25.6 Å². The first-order valence-corrected chi connectivity index (χ1v) is 6.57. The average molecular weight is 301 g/mol. The van der Waals surface area contributed by atoms with E-state index in [1.165, 1.54) is 0 Å². The van der Waals surface area contributed by atoms with E-state index in [4.69, 9.17) is 9.47 Å². The Balaban J connectivity index is 0.00000200. The van der Waals surface area contributed by atoms with Gasteiger partial charge >= 0.3 is 0 Å². The zero-order valence-electron chi connectivity index (χ0n) is 11.3. The first kappa shape index (κ1) is 16.8. The molecule has 2 N–H and O–H groups in total. The number of hydrogen-bond acceptors (Lipinski definition) is 4. The quantitative estimate of drug-likeness (QED) is 0.699. The fraction of sp³-hybridized carbons (Fsp3) is 0.500. The van der Waals surface area contributed by atoms with Crippen LogP contribution in [0.2, 0.25) is 0 Å². The molecule has 112 valence electrons. The van der Waals surface area contributed by atoms with Crippen molar-refractivity contribution in [3.05, 3.63) is 30.3 Å². The SMILES string of the molecule is Cl.O=C(COCCOc1ccccc1)NCC1CNC1. The third-order valence-corrected chi connectivity index (χ3v) is 2.93. The lowest BCUT2D eigenvalue weighted by Crippen LogP contribution is -2.48. The van der Waals surface area contributed by atoms with E-state index < -0.39 is 0 Å². The monoisotopic (exact) mass is 300 g/mol. The van der Waals surface area contributed by atoms with Gasteiger partial charge in [0.15, 0.2) is 0 Å². The Hall–Kier alpha value is -1.30. The molecule has 0 spiro atoms. The van der Waals surface area contributed by atoms with Gasteiger partial charge in [0.2, 0.25) is 5.91 Å². The molecule has 0 unspecified atom stereocenters. The predicted molar refractivity (Wildman–Crippen MR) is 79.4 cm³/mol. The standard InChI is InChI=1S/C14H20N2O3.ClH/c17-14(16-10-12-8-15-9-12)11-18-6-7-19-13-4-2-1-3-5-13;/h1-5,12,15H,6-11H2,(H,16,17);1H. The van der Waals surface area contributed by atoms with Crippen LogP contribution in [0.25, 0.3) is 0 Å². The van der Waals surface area contributed by atoms with Crippen molar-refractivity contribution < 1.29 is 14.3 Å². The second-order valence-electron chi connectivity index (χ2n) is 4.54. The summed E-state index contributed by atoms with van der Waals surface area (Å²) in [7, 11) is 0. The van der Waals surface area contributed by atoms with Gasteiger partial charge in [-0.1, -0.05) is 18.2 Å². The molecule has 1 aromatic carbocycles. The molecular formula is C14H21ClN2O3. The van der Waals surface area contributed by atoms with Crippen molar-refractivity contribution in [2.45, 2.75) is 0 Å². The molecular weight excluding hydrogens is 280 g/mol. The first-order valence-electron chi connectivity index (χ1n) is 6.57. The largest absolute Gasteiger partial charge is 0.491 e. The van der Waals surface area contributed by atoms with Crippen LogP contribution in [-0.2, 0) is 9.53 Å². The van der Waals surface area contributed by atoms with Gasteiger partial charge in [-0.3, -0.25) is 4.79 Å². The van der Waals surface area contributed by atoms with Crippen molar-refractivity contribution in [3.8, 4) is 5.75 Å². The molecule has 20 heavy (non-hydrogen) atoms. The summed E-state index contributed by atoms with van der Waals surface area (Å²) < 4.78 is 10.7. The fourth-order valence-corrected chi connectivity index (χ4v) is 1.70. The van der Waals surface area contributed by atoms with E-state index in [9.17, 15) is 4.79 Å². The zero-order valence-corrected chi connectivity index (χ0v) is 12.2. The lowest BCUT2D eigenvalue weighted by atomic mass is 10.0. The second kappa shape index (κ2) is 9.58. The number of carbonyl (C=O) groups excluding carboxylic acids is 1. The molecule has 0 aliphatic carbocycles. The maximum atomic E-state index is 11.4. The minimum Gasteiger partial charge on any atom is -0.491 e. The van der Waals surface area contributed by atoms with Gasteiger partial charge in [0.1, 0.15) is 19.0 Å². The Bertz CT molecular complexity index is 385. The van der Waals surface area contributed by atoms with Gasteiger partial charge in [-0.2, -0.15) is 0 Å². The Labute approximate surface area is 125 Å². The van der Waals surface area contributed by atoms with Crippen LogP contribution in [-0.4, -0.2) is 45.4 Å². The molecule has 1 saturated heterocycles. The van der Waals surface area contributed by atoms with E-state index in [0.29, 0.717) is 19.1 Å². The fourth-order valence-electron chi connectivity index (χ4n) is 1.70. The predicted octanol–water partition coefficient (Wildman–Crippen LogP) is 0.839. The molecule has 1 fully saturated rings. The molecule has 1 aliphatic rings. The lowest BCUT2D eigenvalue weighted by molar-refractivity contribution is -0.126. The lowest BCUT2D eigenvalue weighted by Gasteiger charge is -2.27. The van der Waals surface area contributed by atoms with Crippen molar-refractivity contribution in [2.75, 3.05) is 39.5 Å². The summed E-state index contributed by atoms with van der Waals surface area (Å²) in [6, 6.07) is 9.54. The van der Waals surface area contributed by atoms with Crippen molar-refractivity contribution >= 4 is 18.3 Å². The highest BCUT2D eigenvalue weighted by atomic mass is 35.5. The third-order valence-electron chi connectivity index (χ3n) is 2.93. The summed E-state index contributed by atoms with van der Waals surface area (Å²) in [5, 5.41) is 6.01. The van der Waals surface area contributed by atoms with E-state index in [-0.39, 0.29) is 24.9 Å². The summed E-state index contributed by atoms with van der Waals surface area (Å²) in [5.41, 5.74) is 0. The van der Waals surface area contributed by atoms with Gasteiger partial charge in [-0.05, 0) is 12.1 Å². The van der Waals surface area contributed by atoms with Crippen LogP contribution in [0.3, 0.4) is 0 Å². The number of halogens is 1. The second-order valence-corrected chi connectivity index (χ2v) is 4.54. The number of ether oxygens (including phenoxy) is 2. The number of benzene rings is 1. The van der Waals surface area contributed by atoms with Crippen molar-refractivity contribution in [2.24, 2.45) is 5.92 Å². The molecule has 0 radical (unpaired) electrons. The minimum atomic E-state index is -0.0633. The normalized spacial score (nSPS) is 14.0. The molecule has 0 atom stereocenters. The van der Waals surface area contributed by atoms with E-state index in [1.54, 1.807) is 0 Å². The maximum absolute atomic E-state index is 11.4. The van der Waals surface area contributed by atoms with Crippen LogP contribution >= 0.6 is 12.4 Å². The van der Waals surface area contributed by atoms with E-state index in [2.05, 4.69) is 10.6 Å². The number of hydrogen-bond donors (Lipinski definition) is 2. The molecule has 1 amide bonds. The molecule has 6 heteroatoms. The van der Waals surface area contributed by atoms with Gasteiger partial charge in [0.05, 0.1) is 6.61 Å². The molecule has 0 saturated carbocycles. The topological polar surface area (TPSA) is 59.6 Å². The number of para-hydroxylation sites is 1. The molecule has 0 bridgehead atoms. The highest BCUT2D eigenvalue weighted by molar-refractivity contribution is 5.85. The third kappa shape index (κ3) is 6.23. The molecule has 1 aliphatic heterocycles. The number of amides is 1. The van der Waals surface area contributed by atoms with Crippen molar-refractivity contribution in [1.82, 2.24) is 10.6 Å². The van der Waals surface area contributed by atoms with Crippen LogP contribution in [0.4, 0.5) is 0 Å². The van der Waals surface area contributed by atoms with Gasteiger partial charge in [-0.25, -0.2) is 0 Å². The molecule has 1 aromatic rings. The summed E-state index contributed by atoms with van der Waals surface area (Å²) in [5.74, 6) is 1.32. The van der Waals surface area contributed by atoms with Gasteiger partial charge in [0.25, 0.3) is 0 Å². The number of carbonyl (C=O) groups is 1. The van der Waals surface area contributed by atoms with E-state index in [1.807, 2.05) is 30.3 Å². The van der Waals surface area contributed by atoms with Crippen LogP contribution < -0.4 is 15.4 Å². The van der Waals surface area contributed by atoms with E-state index in [0.717, 1.165) is 25.4 Å². The summed E-state index contributed by atoms with van der Waals surface area (Å²) >= 11 is 0. The van der Waals surface area contributed by atoms with Crippen LogP contribution in [0, 0.1) is 5.92 Å². The van der Waals surface area contributed by atoms with Crippen LogP contribution in [0.5, 0.6) is 5.75 Å². The Morgan fingerprint density at radius 3 is 2.65 bits per heavy atom. The minimum absolute atomic E-state index is 0. The van der Waals surface area contributed by atoms with E-state index >= 15 is 0 Å². The molecule has 5 nitrogen and oxygen atoms in total. The number of nitrogens with one attached hydrogen (secondary N) is 2.